The van der Waals surface area contributed by atoms with E-state index in [4.69, 9.17) is 17.3 Å². The van der Waals surface area contributed by atoms with Crippen LogP contribution in [0.2, 0.25) is 5.02 Å². The fourth-order valence-corrected chi connectivity index (χ4v) is 2.67. The van der Waals surface area contributed by atoms with Gasteiger partial charge in [-0.25, -0.2) is 0 Å². The van der Waals surface area contributed by atoms with Crippen molar-refractivity contribution in [2.75, 3.05) is 11.1 Å². The number of carbonyl (C=O) groups is 2. The molecular weight excluding hydrogens is 314 g/mol. The number of fused-ring (bicyclic) bond motifs is 1. The maximum atomic E-state index is 12.6. The number of ketones is 1. The molecule has 0 aliphatic heterocycles. The fourth-order valence-electron chi connectivity index (χ4n) is 2.45. The Morgan fingerprint density at radius 1 is 1.17 bits per heavy atom. The molecule has 1 amide bonds. The van der Waals surface area contributed by atoms with E-state index >= 15 is 0 Å². The van der Waals surface area contributed by atoms with Gasteiger partial charge in [0.1, 0.15) is 0 Å². The van der Waals surface area contributed by atoms with Gasteiger partial charge in [-0.1, -0.05) is 23.7 Å². The molecule has 0 saturated heterocycles. The monoisotopic (exact) mass is 327 g/mol. The number of benzene rings is 2. The van der Waals surface area contributed by atoms with Crippen LogP contribution in [-0.4, -0.2) is 16.7 Å². The Morgan fingerprint density at radius 2 is 1.96 bits per heavy atom. The maximum absolute atomic E-state index is 12.6. The lowest BCUT2D eigenvalue weighted by molar-refractivity contribution is -0.114. The molecule has 0 bridgehead atoms. The summed E-state index contributed by atoms with van der Waals surface area (Å²) in [4.78, 5) is 26.9. The van der Waals surface area contributed by atoms with Crippen LogP contribution in [0.1, 0.15) is 23.0 Å². The van der Waals surface area contributed by atoms with Gasteiger partial charge in [0.25, 0.3) is 0 Å². The fraction of sp³-hybridized carbons (Fsp3) is 0.0588. The Morgan fingerprint density at radius 3 is 2.65 bits per heavy atom. The van der Waals surface area contributed by atoms with Gasteiger partial charge in [-0.3, -0.25) is 9.59 Å². The third-order valence-electron chi connectivity index (χ3n) is 3.41. The van der Waals surface area contributed by atoms with Crippen molar-refractivity contribution < 1.29 is 9.59 Å². The first-order chi connectivity index (χ1) is 10.9. The number of nitrogens with one attached hydrogen (secondary N) is 2. The molecule has 1 heterocycles. The van der Waals surface area contributed by atoms with Crippen LogP contribution >= 0.6 is 11.6 Å². The summed E-state index contributed by atoms with van der Waals surface area (Å²) in [5.74, 6) is -0.392. The number of aromatic amines is 1. The number of hydrogen-bond donors (Lipinski definition) is 3. The van der Waals surface area contributed by atoms with Gasteiger partial charge >= 0.3 is 0 Å². The normalized spacial score (nSPS) is 10.7. The Balaban J connectivity index is 2.09. The Kier molecular flexibility index (Phi) is 3.80. The third-order valence-corrected chi connectivity index (χ3v) is 3.63. The summed E-state index contributed by atoms with van der Waals surface area (Å²) in [6.45, 7) is 1.41. The minimum Gasteiger partial charge on any atom is -0.399 e. The Labute approximate surface area is 137 Å². The van der Waals surface area contributed by atoms with E-state index in [2.05, 4.69) is 10.3 Å². The zero-order chi connectivity index (χ0) is 16.6. The molecule has 0 saturated carbocycles. The smallest absolute Gasteiger partial charge is 0.221 e. The van der Waals surface area contributed by atoms with Crippen molar-refractivity contribution in [3.8, 4) is 0 Å². The molecular formula is C17H14ClN3O2. The number of H-pyrrole nitrogens is 1. The number of carbonyl (C=O) groups excluding carboxylic acids is 2. The summed E-state index contributed by atoms with van der Waals surface area (Å²) >= 11 is 6.06. The highest BCUT2D eigenvalue weighted by Crippen LogP contribution is 2.29. The predicted octanol–water partition coefficient (Wildman–Crippen LogP) is 3.59. The molecule has 0 aliphatic carbocycles. The lowest BCUT2D eigenvalue weighted by Crippen LogP contribution is -2.05. The van der Waals surface area contributed by atoms with E-state index in [1.165, 1.54) is 6.92 Å². The molecule has 0 aliphatic rings. The van der Waals surface area contributed by atoms with Crippen molar-refractivity contribution in [2.24, 2.45) is 0 Å². The molecule has 4 N–H and O–H groups in total. The SMILES string of the molecule is CC(=O)Nc1cc(Cl)cc2[nH]c(C(=O)c3cccc(N)c3)cc12. The van der Waals surface area contributed by atoms with E-state index in [-0.39, 0.29) is 11.7 Å². The van der Waals surface area contributed by atoms with Crippen LogP contribution < -0.4 is 11.1 Å². The number of anilines is 2. The number of halogens is 1. The van der Waals surface area contributed by atoms with Crippen LogP contribution in [0.15, 0.2) is 42.5 Å². The van der Waals surface area contributed by atoms with Crippen LogP contribution in [-0.2, 0) is 4.79 Å². The number of amides is 1. The molecule has 3 rings (SSSR count). The molecule has 0 radical (unpaired) electrons. The van der Waals surface area contributed by atoms with Gasteiger partial charge < -0.3 is 16.0 Å². The zero-order valence-electron chi connectivity index (χ0n) is 12.3. The minimum absolute atomic E-state index is 0.182. The van der Waals surface area contributed by atoms with Crippen molar-refractivity contribution >= 4 is 45.6 Å². The number of aromatic nitrogens is 1. The predicted molar refractivity (Wildman–Crippen MR) is 91.9 cm³/mol. The van der Waals surface area contributed by atoms with Gasteiger partial charge in [0.15, 0.2) is 0 Å². The van der Waals surface area contributed by atoms with Crippen LogP contribution in [0, 0.1) is 0 Å². The first-order valence-electron chi connectivity index (χ1n) is 6.94. The minimum atomic E-state index is -0.210. The van der Waals surface area contributed by atoms with Crippen molar-refractivity contribution in [1.82, 2.24) is 4.98 Å². The first kappa shape index (κ1) is 15.1. The molecule has 6 heteroatoms. The third kappa shape index (κ3) is 3.05. The van der Waals surface area contributed by atoms with Gasteiger partial charge in [0.05, 0.1) is 11.4 Å². The van der Waals surface area contributed by atoms with E-state index in [0.717, 1.165) is 5.39 Å². The standard InChI is InChI=1S/C17H14ClN3O2/c1-9(22)20-14-6-11(18)7-15-13(14)8-16(21-15)17(23)10-3-2-4-12(19)5-10/h2-8,21H,19H2,1H3,(H,20,22). The molecule has 0 spiro atoms. The molecule has 3 aromatic rings. The highest BCUT2D eigenvalue weighted by molar-refractivity contribution is 6.32. The van der Waals surface area contributed by atoms with E-state index in [1.807, 2.05) is 0 Å². The van der Waals surface area contributed by atoms with E-state index < -0.39 is 0 Å². The molecule has 1 aromatic heterocycles. The average Bonchev–Trinajstić information content (AvgIpc) is 2.89. The molecule has 0 unspecified atom stereocenters. The maximum Gasteiger partial charge on any atom is 0.221 e. The number of hydrogen-bond acceptors (Lipinski definition) is 3. The summed E-state index contributed by atoms with van der Waals surface area (Å²) in [6, 6.07) is 11.8. The summed E-state index contributed by atoms with van der Waals surface area (Å²) < 4.78 is 0. The summed E-state index contributed by atoms with van der Waals surface area (Å²) in [5, 5.41) is 3.90. The largest absolute Gasteiger partial charge is 0.399 e. The summed E-state index contributed by atoms with van der Waals surface area (Å²) in [5.41, 5.74) is 8.37. The zero-order valence-corrected chi connectivity index (χ0v) is 13.1. The van der Waals surface area contributed by atoms with Gasteiger partial charge in [-0.15, -0.1) is 0 Å². The molecule has 23 heavy (non-hydrogen) atoms. The van der Waals surface area contributed by atoms with E-state index in [1.54, 1.807) is 42.5 Å². The number of rotatable bonds is 3. The Bertz CT molecular complexity index is 931. The molecule has 0 atom stereocenters. The second-order valence-corrected chi connectivity index (χ2v) is 5.67. The van der Waals surface area contributed by atoms with Gasteiger partial charge in [0.2, 0.25) is 11.7 Å². The van der Waals surface area contributed by atoms with Gasteiger partial charge in [-0.2, -0.15) is 0 Å². The van der Waals surface area contributed by atoms with Crippen molar-refractivity contribution in [2.45, 2.75) is 6.92 Å². The van der Waals surface area contributed by atoms with Gasteiger partial charge in [-0.05, 0) is 30.3 Å². The topological polar surface area (TPSA) is 88.0 Å². The lowest BCUT2D eigenvalue weighted by Gasteiger charge is -2.04. The van der Waals surface area contributed by atoms with E-state index in [9.17, 15) is 9.59 Å². The highest BCUT2D eigenvalue weighted by atomic mass is 35.5. The second kappa shape index (κ2) is 5.78. The highest BCUT2D eigenvalue weighted by Gasteiger charge is 2.15. The summed E-state index contributed by atoms with van der Waals surface area (Å²) in [7, 11) is 0. The molecule has 0 fully saturated rings. The van der Waals surface area contributed by atoms with Crippen LogP contribution in [0.3, 0.4) is 0 Å². The molecule has 116 valence electrons. The van der Waals surface area contributed by atoms with Crippen molar-refractivity contribution in [3.63, 3.8) is 0 Å². The first-order valence-corrected chi connectivity index (χ1v) is 7.32. The van der Waals surface area contributed by atoms with E-state index in [0.29, 0.717) is 33.2 Å². The quantitative estimate of drug-likeness (QED) is 0.507. The van der Waals surface area contributed by atoms with Crippen LogP contribution in [0.25, 0.3) is 10.9 Å². The number of nitrogen functional groups attached to an aromatic ring is 1. The van der Waals surface area contributed by atoms with Crippen molar-refractivity contribution in [1.29, 1.82) is 0 Å². The second-order valence-electron chi connectivity index (χ2n) is 5.23. The van der Waals surface area contributed by atoms with Gasteiger partial charge in [0, 0.05) is 34.1 Å². The average molecular weight is 328 g/mol. The Hall–Kier alpha value is -2.79. The lowest BCUT2D eigenvalue weighted by atomic mass is 10.1. The molecule has 2 aromatic carbocycles. The molecule has 5 nitrogen and oxygen atoms in total. The van der Waals surface area contributed by atoms with Crippen LogP contribution in [0.4, 0.5) is 11.4 Å². The van der Waals surface area contributed by atoms with Crippen molar-refractivity contribution in [3.05, 3.63) is 58.7 Å². The summed E-state index contributed by atoms with van der Waals surface area (Å²) in [6.07, 6.45) is 0. The number of nitrogens with two attached hydrogens (primary N) is 1. The van der Waals surface area contributed by atoms with Crippen LogP contribution in [0.5, 0.6) is 0 Å².